The largest absolute Gasteiger partial charge is 0.416 e. The summed E-state index contributed by atoms with van der Waals surface area (Å²) in [7, 11) is -3.37. The number of hydrogen-bond acceptors (Lipinski definition) is 5. The van der Waals surface area contributed by atoms with Crippen LogP contribution in [0, 0.1) is 5.92 Å². The van der Waals surface area contributed by atoms with Gasteiger partial charge < -0.3 is 5.32 Å². The van der Waals surface area contributed by atoms with Crippen LogP contribution in [0.15, 0.2) is 70.2 Å². The number of rotatable bonds is 6. The highest BCUT2D eigenvalue weighted by molar-refractivity contribution is 7.90. The number of aliphatic imine (C=N–C) groups is 1. The fourth-order valence-electron chi connectivity index (χ4n) is 4.15. The van der Waals surface area contributed by atoms with Crippen molar-refractivity contribution in [2.75, 3.05) is 6.26 Å². The molecule has 2 aromatic rings. The lowest BCUT2D eigenvalue weighted by Gasteiger charge is -2.24. The lowest BCUT2D eigenvalue weighted by Crippen LogP contribution is -2.37. The summed E-state index contributed by atoms with van der Waals surface area (Å²) in [5, 5.41) is 2.85. The number of ketones is 1. The first-order valence-electron chi connectivity index (χ1n) is 10.9. The summed E-state index contributed by atoms with van der Waals surface area (Å²) in [4.78, 5) is 30.6. The van der Waals surface area contributed by atoms with E-state index in [1.165, 1.54) is 31.2 Å². The van der Waals surface area contributed by atoms with Gasteiger partial charge in [0.25, 0.3) is 5.91 Å². The molecule has 1 saturated carbocycles. The van der Waals surface area contributed by atoms with E-state index in [4.69, 9.17) is 0 Å². The number of halogens is 3. The molecule has 1 fully saturated rings. The Morgan fingerprint density at radius 1 is 1.11 bits per heavy atom. The first kappa shape index (κ1) is 24.8. The van der Waals surface area contributed by atoms with Crippen molar-refractivity contribution in [3.05, 3.63) is 77.0 Å². The summed E-state index contributed by atoms with van der Waals surface area (Å²) < 4.78 is 63.0. The number of nitrogens with zero attached hydrogens (tertiary/aromatic N) is 1. The second kappa shape index (κ2) is 9.07. The highest BCUT2D eigenvalue weighted by Crippen LogP contribution is 2.41. The Kier molecular flexibility index (Phi) is 6.44. The molecular formula is C25H23F3N2O4S. The van der Waals surface area contributed by atoms with Gasteiger partial charge in [-0.1, -0.05) is 30.3 Å². The van der Waals surface area contributed by atoms with Gasteiger partial charge >= 0.3 is 6.18 Å². The zero-order chi connectivity index (χ0) is 25.5. The molecule has 4 rings (SSSR count). The first-order chi connectivity index (χ1) is 16.4. The van der Waals surface area contributed by atoms with Crippen molar-refractivity contribution in [3.8, 4) is 0 Å². The van der Waals surface area contributed by atoms with Crippen LogP contribution in [-0.2, 0) is 25.6 Å². The summed E-state index contributed by atoms with van der Waals surface area (Å²) in [5.74, 6) is -2.27. The number of hydrogen-bond donors (Lipinski definition) is 1. The van der Waals surface area contributed by atoms with E-state index < -0.39 is 45.2 Å². The molecule has 10 heteroatoms. The van der Waals surface area contributed by atoms with E-state index in [-0.39, 0.29) is 21.9 Å². The Bertz CT molecular complexity index is 1340. The number of alkyl halides is 3. The lowest BCUT2D eigenvalue weighted by molar-refractivity contribution is -0.137. The number of carbonyl (C=O) groups excluding carboxylic acids is 2. The molecule has 1 N–H and O–H groups in total. The molecule has 1 heterocycles. The smallest absolute Gasteiger partial charge is 0.345 e. The molecule has 1 aliphatic heterocycles. The van der Waals surface area contributed by atoms with Crippen LogP contribution in [0.2, 0.25) is 0 Å². The van der Waals surface area contributed by atoms with Gasteiger partial charge in [-0.15, -0.1) is 0 Å². The first-order valence-corrected chi connectivity index (χ1v) is 12.8. The molecule has 2 aromatic carbocycles. The van der Waals surface area contributed by atoms with Gasteiger partial charge in [0.2, 0.25) is 0 Å². The molecule has 1 aliphatic carbocycles. The summed E-state index contributed by atoms with van der Waals surface area (Å²) in [6, 6.07) is 10.2. The third-order valence-corrected chi connectivity index (χ3v) is 7.31. The maximum atomic E-state index is 13.2. The number of amides is 1. The van der Waals surface area contributed by atoms with Crippen molar-refractivity contribution in [2.24, 2.45) is 10.9 Å². The van der Waals surface area contributed by atoms with Gasteiger partial charge in [0.05, 0.1) is 22.4 Å². The van der Waals surface area contributed by atoms with Crippen LogP contribution >= 0.6 is 0 Å². The van der Waals surface area contributed by atoms with E-state index in [1.54, 1.807) is 12.1 Å². The number of benzene rings is 2. The standard InChI is InChI=1S/C25H23F3N2O4S/c1-14-21(17-4-3-5-18(12-17)25(26,27)28)23(31)20(13-29-14)24(32)30-22(15-6-7-15)16-8-10-19(11-9-16)35(2,33)34/h3-5,8-13,15,21-22H,6-7H2,1-2H3,(H,30,32). The Morgan fingerprint density at radius 2 is 1.77 bits per heavy atom. The second-order valence-electron chi connectivity index (χ2n) is 8.86. The predicted octanol–water partition coefficient (Wildman–Crippen LogP) is 4.39. The van der Waals surface area contributed by atoms with Gasteiger partial charge in [-0.2, -0.15) is 13.2 Å². The monoisotopic (exact) mass is 504 g/mol. The van der Waals surface area contributed by atoms with Crippen molar-refractivity contribution < 1.29 is 31.2 Å². The average Bonchev–Trinajstić information content (AvgIpc) is 3.62. The summed E-state index contributed by atoms with van der Waals surface area (Å²) >= 11 is 0. The maximum Gasteiger partial charge on any atom is 0.416 e. The highest BCUT2D eigenvalue weighted by atomic mass is 32.2. The summed E-state index contributed by atoms with van der Waals surface area (Å²) in [5.41, 5.74) is -0.0225. The summed E-state index contributed by atoms with van der Waals surface area (Å²) in [6.07, 6.45) is -0.606. The number of nitrogens with one attached hydrogen (secondary N) is 1. The highest BCUT2D eigenvalue weighted by Gasteiger charge is 2.38. The molecule has 2 aliphatic rings. The molecule has 0 aromatic heterocycles. The minimum atomic E-state index is -4.57. The number of carbonyl (C=O) groups is 2. The van der Waals surface area contributed by atoms with E-state index in [0.29, 0.717) is 11.3 Å². The van der Waals surface area contributed by atoms with Crippen LogP contribution < -0.4 is 5.32 Å². The molecule has 35 heavy (non-hydrogen) atoms. The SMILES string of the molecule is CC1=NC=C(C(=O)NC(c2ccc(S(C)(=O)=O)cc2)C2CC2)C(=O)C1c1cccc(C(F)(F)F)c1. The molecule has 0 bridgehead atoms. The Labute approximate surface area is 200 Å². The van der Waals surface area contributed by atoms with Crippen LogP contribution in [0.3, 0.4) is 0 Å². The molecule has 0 spiro atoms. The molecule has 1 amide bonds. The third-order valence-electron chi connectivity index (χ3n) is 6.18. The lowest BCUT2D eigenvalue weighted by atomic mass is 9.84. The van der Waals surface area contributed by atoms with E-state index >= 15 is 0 Å². The van der Waals surface area contributed by atoms with Crippen molar-refractivity contribution in [3.63, 3.8) is 0 Å². The van der Waals surface area contributed by atoms with E-state index in [1.807, 2.05) is 0 Å². The molecule has 2 unspecified atom stereocenters. The number of sulfone groups is 1. The number of Topliss-reactive ketones (excluding diaryl/α,β-unsaturated/α-hetero) is 1. The van der Waals surface area contributed by atoms with E-state index in [2.05, 4.69) is 10.3 Å². The van der Waals surface area contributed by atoms with Gasteiger partial charge in [0.1, 0.15) is 5.57 Å². The van der Waals surface area contributed by atoms with Crippen molar-refractivity contribution in [2.45, 2.75) is 42.8 Å². The van der Waals surface area contributed by atoms with Crippen LogP contribution in [0.1, 0.15) is 48.4 Å². The fourth-order valence-corrected chi connectivity index (χ4v) is 4.78. The second-order valence-corrected chi connectivity index (χ2v) is 10.9. The Balaban J connectivity index is 1.58. The zero-order valence-corrected chi connectivity index (χ0v) is 19.8. The summed E-state index contributed by atoms with van der Waals surface area (Å²) in [6.45, 7) is 1.53. The van der Waals surface area contributed by atoms with Crippen LogP contribution in [-0.4, -0.2) is 32.1 Å². The van der Waals surface area contributed by atoms with Crippen LogP contribution in [0.25, 0.3) is 0 Å². The molecule has 2 atom stereocenters. The van der Waals surface area contributed by atoms with Gasteiger partial charge in [-0.25, -0.2) is 8.42 Å². The quantitative estimate of drug-likeness (QED) is 0.591. The fraction of sp³-hybridized carbons (Fsp3) is 0.320. The maximum absolute atomic E-state index is 13.2. The Hall–Kier alpha value is -3.27. The Morgan fingerprint density at radius 3 is 2.34 bits per heavy atom. The molecule has 6 nitrogen and oxygen atoms in total. The minimum absolute atomic E-state index is 0.111. The van der Waals surface area contributed by atoms with Gasteiger partial charge in [0.15, 0.2) is 15.6 Å². The van der Waals surface area contributed by atoms with Crippen molar-refractivity contribution in [1.82, 2.24) is 5.32 Å². The van der Waals surface area contributed by atoms with Crippen LogP contribution in [0.4, 0.5) is 13.2 Å². The van der Waals surface area contributed by atoms with Gasteiger partial charge in [0, 0.05) is 18.2 Å². The van der Waals surface area contributed by atoms with Crippen molar-refractivity contribution in [1.29, 1.82) is 0 Å². The van der Waals surface area contributed by atoms with E-state index in [9.17, 15) is 31.2 Å². The topological polar surface area (TPSA) is 92.7 Å². The molecular weight excluding hydrogens is 481 g/mol. The van der Waals surface area contributed by atoms with Gasteiger partial charge in [-0.3, -0.25) is 14.6 Å². The normalized spacial score (nSPS) is 19.6. The van der Waals surface area contributed by atoms with Crippen LogP contribution in [0.5, 0.6) is 0 Å². The molecule has 0 radical (unpaired) electrons. The van der Waals surface area contributed by atoms with E-state index in [0.717, 1.165) is 37.4 Å². The predicted molar refractivity (Wildman–Crippen MR) is 124 cm³/mol. The zero-order valence-electron chi connectivity index (χ0n) is 19.0. The van der Waals surface area contributed by atoms with Gasteiger partial charge in [-0.05, 0) is 55.0 Å². The molecule has 0 saturated heterocycles. The molecule has 184 valence electrons. The minimum Gasteiger partial charge on any atom is -0.345 e. The third kappa shape index (κ3) is 5.37. The van der Waals surface area contributed by atoms with Crippen molar-refractivity contribution >= 4 is 27.2 Å². The average molecular weight is 505 g/mol.